The molecule has 0 radical (unpaired) electrons. The second kappa shape index (κ2) is 6.55. The van der Waals surface area contributed by atoms with E-state index < -0.39 is 0 Å². The fraction of sp³-hybridized carbons (Fsp3) is 0.700. The van der Waals surface area contributed by atoms with Crippen molar-refractivity contribution in [3.05, 3.63) is 5.89 Å². The number of halogens is 1. The van der Waals surface area contributed by atoms with Crippen LogP contribution in [0.4, 0.5) is 6.01 Å². The van der Waals surface area contributed by atoms with Crippen LogP contribution >= 0.6 is 11.6 Å². The normalized spacial score (nSPS) is 15.7. The zero-order valence-corrected chi connectivity index (χ0v) is 10.7. The highest BCUT2D eigenvalue weighted by molar-refractivity contribution is 6.16. The Balaban J connectivity index is 1.69. The third-order valence-electron chi connectivity index (χ3n) is 2.56. The van der Waals surface area contributed by atoms with Crippen molar-refractivity contribution in [2.75, 3.05) is 38.2 Å². The summed E-state index contributed by atoms with van der Waals surface area (Å²) in [4.78, 5) is 13.6. The van der Waals surface area contributed by atoms with E-state index in [0.717, 1.165) is 0 Å². The minimum Gasteiger partial charge on any atom is -0.407 e. The first kappa shape index (κ1) is 13.1. The molecule has 7 nitrogen and oxygen atoms in total. The van der Waals surface area contributed by atoms with Crippen LogP contribution in [0.1, 0.15) is 12.3 Å². The van der Waals surface area contributed by atoms with E-state index in [9.17, 15) is 4.79 Å². The summed E-state index contributed by atoms with van der Waals surface area (Å²) in [6.07, 6.45) is 0.387. The van der Waals surface area contributed by atoms with Gasteiger partial charge in [0, 0.05) is 26.1 Å². The maximum Gasteiger partial charge on any atom is 0.315 e. The number of anilines is 1. The number of ether oxygens (including phenoxy) is 1. The van der Waals surface area contributed by atoms with Gasteiger partial charge in [-0.15, -0.1) is 16.7 Å². The van der Waals surface area contributed by atoms with Crippen molar-refractivity contribution in [1.29, 1.82) is 0 Å². The molecule has 0 bridgehead atoms. The summed E-state index contributed by atoms with van der Waals surface area (Å²) in [5, 5.41) is 10.3. The molecule has 8 heteroatoms. The third kappa shape index (κ3) is 3.58. The third-order valence-corrected chi connectivity index (χ3v) is 2.79. The minimum atomic E-state index is 0.0999. The van der Waals surface area contributed by atoms with E-state index in [-0.39, 0.29) is 11.8 Å². The highest BCUT2D eigenvalue weighted by Crippen LogP contribution is 2.07. The molecule has 1 aliphatic rings. The fourth-order valence-electron chi connectivity index (χ4n) is 1.63. The van der Waals surface area contributed by atoms with Crippen LogP contribution in [0.3, 0.4) is 0 Å². The Bertz CT molecular complexity index is 392. The number of nitrogens with one attached hydrogen (secondary N) is 1. The Morgan fingerprint density at radius 3 is 2.83 bits per heavy atom. The van der Waals surface area contributed by atoms with Crippen molar-refractivity contribution < 1.29 is 13.9 Å². The highest BCUT2D eigenvalue weighted by Gasteiger charge is 2.16. The van der Waals surface area contributed by atoms with E-state index >= 15 is 0 Å². The van der Waals surface area contributed by atoms with Gasteiger partial charge in [-0.25, -0.2) is 0 Å². The first-order valence-electron chi connectivity index (χ1n) is 5.77. The first-order valence-corrected chi connectivity index (χ1v) is 6.31. The number of hydrogen-bond donors (Lipinski definition) is 1. The molecule has 0 atom stereocenters. The number of nitrogens with zero attached hydrogens (tertiary/aromatic N) is 3. The molecule has 18 heavy (non-hydrogen) atoms. The lowest BCUT2D eigenvalue weighted by Gasteiger charge is -2.26. The molecule has 1 aromatic heterocycles. The summed E-state index contributed by atoms with van der Waals surface area (Å²) < 4.78 is 10.3. The molecule has 2 heterocycles. The molecule has 100 valence electrons. The molecule has 2 rings (SSSR count). The largest absolute Gasteiger partial charge is 0.407 e. The molecule has 0 spiro atoms. The summed E-state index contributed by atoms with van der Waals surface area (Å²) in [5.74, 6) is 0.642. The van der Waals surface area contributed by atoms with Gasteiger partial charge in [0.1, 0.15) is 5.88 Å². The fourth-order valence-corrected chi connectivity index (χ4v) is 1.73. The number of carbonyl (C=O) groups is 1. The summed E-state index contributed by atoms with van der Waals surface area (Å²) in [6.45, 7) is 3.01. The summed E-state index contributed by atoms with van der Waals surface area (Å²) in [7, 11) is 0. The number of aromatic nitrogens is 2. The molecule has 1 amide bonds. The molecule has 0 aliphatic carbocycles. The molecule has 1 fully saturated rings. The summed E-state index contributed by atoms with van der Waals surface area (Å²) >= 11 is 5.53. The number of morpholine rings is 1. The molecule has 0 aromatic carbocycles. The topological polar surface area (TPSA) is 80.5 Å². The van der Waals surface area contributed by atoms with Gasteiger partial charge in [-0.2, -0.15) is 0 Å². The van der Waals surface area contributed by atoms with Gasteiger partial charge in [-0.3, -0.25) is 4.79 Å². The van der Waals surface area contributed by atoms with Crippen LogP contribution in [0.25, 0.3) is 0 Å². The smallest absolute Gasteiger partial charge is 0.315 e. The van der Waals surface area contributed by atoms with E-state index in [0.29, 0.717) is 51.2 Å². The molecule has 1 aliphatic heterocycles. The Hall–Kier alpha value is -1.34. The van der Waals surface area contributed by atoms with Gasteiger partial charge in [0.25, 0.3) is 0 Å². The Labute approximate surface area is 109 Å². The Kier molecular flexibility index (Phi) is 4.77. The second-order valence-corrected chi connectivity index (χ2v) is 4.07. The van der Waals surface area contributed by atoms with Crippen LogP contribution in [0.5, 0.6) is 0 Å². The maximum absolute atomic E-state index is 11.8. The van der Waals surface area contributed by atoms with Crippen molar-refractivity contribution in [2.45, 2.75) is 12.3 Å². The van der Waals surface area contributed by atoms with Gasteiger partial charge in [0.15, 0.2) is 0 Å². The van der Waals surface area contributed by atoms with Crippen molar-refractivity contribution in [1.82, 2.24) is 15.1 Å². The van der Waals surface area contributed by atoms with Crippen molar-refractivity contribution in [3.8, 4) is 0 Å². The van der Waals surface area contributed by atoms with E-state index in [1.165, 1.54) is 0 Å². The molecule has 0 unspecified atom stereocenters. The van der Waals surface area contributed by atoms with Gasteiger partial charge in [0.05, 0.1) is 13.2 Å². The van der Waals surface area contributed by atoms with E-state index in [2.05, 4.69) is 15.5 Å². The number of hydrogen-bond acceptors (Lipinski definition) is 6. The van der Waals surface area contributed by atoms with Crippen LogP contribution in [-0.4, -0.2) is 53.9 Å². The number of amides is 1. The summed E-state index contributed by atoms with van der Waals surface area (Å²) in [5.41, 5.74) is 0. The number of alkyl halides is 1. The Morgan fingerprint density at radius 1 is 1.39 bits per heavy atom. The number of carbonyl (C=O) groups excluding carboxylic acids is 1. The van der Waals surface area contributed by atoms with E-state index in [4.69, 9.17) is 20.8 Å². The second-order valence-electron chi connectivity index (χ2n) is 3.80. The molecule has 0 saturated carbocycles. The zero-order chi connectivity index (χ0) is 12.8. The lowest BCUT2D eigenvalue weighted by molar-refractivity contribution is -0.134. The van der Waals surface area contributed by atoms with Gasteiger partial charge in [0.2, 0.25) is 11.8 Å². The Morgan fingerprint density at radius 2 is 2.17 bits per heavy atom. The van der Waals surface area contributed by atoms with Crippen LogP contribution in [-0.2, 0) is 15.4 Å². The quantitative estimate of drug-likeness (QED) is 0.786. The minimum absolute atomic E-state index is 0.0999. The molecule has 1 aromatic rings. The van der Waals surface area contributed by atoms with Crippen LogP contribution in [0, 0.1) is 0 Å². The van der Waals surface area contributed by atoms with Crippen molar-refractivity contribution >= 4 is 23.5 Å². The highest BCUT2D eigenvalue weighted by atomic mass is 35.5. The predicted molar refractivity (Wildman–Crippen MR) is 64.4 cm³/mol. The lowest BCUT2D eigenvalue weighted by atomic mass is 10.3. The van der Waals surface area contributed by atoms with Gasteiger partial charge in [-0.1, -0.05) is 5.10 Å². The van der Waals surface area contributed by atoms with Crippen molar-refractivity contribution in [2.24, 2.45) is 0 Å². The van der Waals surface area contributed by atoms with Gasteiger partial charge >= 0.3 is 6.01 Å². The molecule has 1 N–H and O–H groups in total. The SMILES string of the molecule is O=C(CCNc1nnc(CCl)o1)N1CCOCC1. The average molecular weight is 275 g/mol. The zero-order valence-electron chi connectivity index (χ0n) is 9.89. The first-order chi connectivity index (χ1) is 8.79. The predicted octanol–water partition coefficient (Wildman–Crippen LogP) is 0.469. The van der Waals surface area contributed by atoms with Crippen LogP contribution < -0.4 is 5.32 Å². The van der Waals surface area contributed by atoms with Gasteiger partial charge < -0.3 is 19.4 Å². The van der Waals surface area contributed by atoms with E-state index in [1.807, 2.05) is 0 Å². The summed E-state index contributed by atoms with van der Waals surface area (Å²) in [6, 6.07) is 0.292. The van der Waals surface area contributed by atoms with Crippen LogP contribution in [0.2, 0.25) is 0 Å². The molecular formula is C10H15ClN4O3. The standard InChI is InChI=1S/C10H15ClN4O3/c11-7-8-13-14-10(18-8)12-2-1-9(16)15-3-5-17-6-4-15/h1-7H2,(H,12,14). The number of rotatable bonds is 5. The van der Waals surface area contributed by atoms with E-state index in [1.54, 1.807) is 4.90 Å². The monoisotopic (exact) mass is 274 g/mol. The maximum atomic E-state index is 11.8. The van der Waals surface area contributed by atoms with Gasteiger partial charge in [-0.05, 0) is 0 Å². The molecular weight excluding hydrogens is 260 g/mol. The van der Waals surface area contributed by atoms with Crippen molar-refractivity contribution in [3.63, 3.8) is 0 Å². The van der Waals surface area contributed by atoms with Crippen LogP contribution in [0.15, 0.2) is 4.42 Å². The lowest BCUT2D eigenvalue weighted by Crippen LogP contribution is -2.41. The molecule has 1 saturated heterocycles. The average Bonchev–Trinajstić information content (AvgIpc) is 2.87.